The fraction of sp³-hybridized carbons (Fsp3) is 0.500. The standard InChI is InChI=1S/C16H24BNO6/c1-16(2,3)24-15(21)18-13(14(19)20)10-12-6-4-11(5-7-12)8-9-17(22)23/h4-7,13,22-23H,8-10H2,1-3H3,(H,18,21)(H,19,20)/t13-/m0/s1. The van der Waals surface area contributed by atoms with Crippen LogP contribution in [0.5, 0.6) is 0 Å². The van der Waals surface area contributed by atoms with Gasteiger partial charge in [0, 0.05) is 6.42 Å². The maximum Gasteiger partial charge on any atom is 0.451 e. The third-order valence-corrected chi connectivity index (χ3v) is 3.14. The predicted octanol–water partition coefficient (Wildman–Crippen LogP) is 1.22. The quantitative estimate of drug-likeness (QED) is 0.556. The van der Waals surface area contributed by atoms with E-state index >= 15 is 0 Å². The molecular weight excluding hydrogens is 313 g/mol. The Morgan fingerprint density at radius 3 is 2.17 bits per heavy atom. The molecule has 0 spiro atoms. The second-order valence-corrected chi connectivity index (χ2v) is 6.58. The average Bonchev–Trinajstić information content (AvgIpc) is 2.43. The van der Waals surface area contributed by atoms with E-state index in [1.165, 1.54) is 0 Å². The number of hydrogen-bond acceptors (Lipinski definition) is 5. The lowest BCUT2D eigenvalue weighted by molar-refractivity contribution is -0.139. The first-order chi connectivity index (χ1) is 11.1. The molecule has 1 rings (SSSR count). The third-order valence-electron chi connectivity index (χ3n) is 3.14. The first-order valence-electron chi connectivity index (χ1n) is 7.73. The zero-order chi connectivity index (χ0) is 18.3. The van der Waals surface area contributed by atoms with Gasteiger partial charge in [-0.2, -0.15) is 0 Å². The molecule has 0 radical (unpaired) electrons. The fourth-order valence-electron chi connectivity index (χ4n) is 2.02. The minimum atomic E-state index is -1.35. The predicted molar refractivity (Wildman–Crippen MR) is 89.6 cm³/mol. The Kier molecular flexibility index (Phi) is 7.25. The average molecular weight is 337 g/mol. The summed E-state index contributed by atoms with van der Waals surface area (Å²) in [7, 11) is -1.35. The highest BCUT2D eigenvalue weighted by molar-refractivity contribution is 6.40. The summed E-state index contributed by atoms with van der Waals surface area (Å²) in [4.78, 5) is 23.0. The number of carbonyl (C=O) groups excluding carboxylic acids is 1. The summed E-state index contributed by atoms with van der Waals surface area (Å²) < 4.78 is 5.07. The van der Waals surface area contributed by atoms with Gasteiger partial charge < -0.3 is 25.2 Å². The van der Waals surface area contributed by atoms with Crippen molar-refractivity contribution in [3.63, 3.8) is 0 Å². The Labute approximate surface area is 141 Å². The molecule has 0 bridgehead atoms. The largest absolute Gasteiger partial charge is 0.480 e. The van der Waals surface area contributed by atoms with Gasteiger partial charge in [0.2, 0.25) is 0 Å². The third kappa shape index (κ3) is 7.98. The van der Waals surface area contributed by atoms with Crippen molar-refractivity contribution in [2.75, 3.05) is 0 Å². The van der Waals surface area contributed by atoms with Crippen LogP contribution in [-0.4, -0.2) is 46.0 Å². The van der Waals surface area contributed by atoms with E-state index in [1.807, 2.05) is 0 Å². The van der Waals surface area contributed by atoms with Crippen LogP contribution in [0.4, 0.5) is 4.79 Å². The number of amides is 1. The second kappa shape index (κ2) is 8.70. The number of alkyl carbamates (subject to hydrolysis) is 1. The number of aliphatic carboxylic acids is 1. The molecule has 1 amide bonds. The van der Waals surface area contributed by atoms with Gasteiger partial charge in [0.05, 0.1) is 0 Å². The normalized spacial score (nSPS) is 12.4. The molecule has 0 saturated carbocycles. The zero-order valence-electron chi connectivity index (χ0n) is 14.2. The molecule has 0 unspecified atom stereocenters. The highest BCUT2D eigenvalue weighted by Gasteiger charge is 2.24. The summed E-state index contributed by atoms with van der Waals surface area (Å²) in [6.07, 6.45) is 0.0917. The smallest absolute Gasteiger partial charge is 0.451 e. The minimum Gasteiger partial charge on any atom is -0.480 e. The van der Waals surface area contributed by atoms with Crippen molar-refractivity contribution in [2.24, 2.45) is 0 Å². The van der Waals surface area contributed by atoms with E-state index in [-0.39, 0.29) is 12.7 Å². The first kappa shape index (κ1) is 20.0. The highest BCUT2D eigenvalue weighted by atomic mass is 16.6. The Bertz CT molecular complexity index is 553. The van der Waals surface area contributed by atoms with Crippen molar-refractivity contribution in [1.82, 2.24) is 5.32 Å². The maximum atomic E-state index is 11.7. The van der Waals surface area contributed by atoms with Gasteiger partial charge in [0.25, 0.3) is 0 Å². The molecule has 1 aromatic carbocycles. The SMILES string of the molecule is CC(C)(C)OC(=O)N[C@@H](Cc1ccc(CCB(O)O)cc1)C(=O)O. The summed E-state index contributed by atoms with van der Waals surface area (Å²) in [5, 5.41) is 29.3. The van der Waals surface area contributed by atoms with Crippen LogP contribution in [0.15, 0.2) is 24.3 Å². The van der Waals surface area contributed by atoms with Crippen LogP contribution in [-0.2, 0) is 22.4 Å². The van der Waals surface area contributed by atoms with Gasteiger partial charge in [0.1, 0.15) is 11.6 Å². The number of rotatable bonds is 7. The molecule has 0 aliphatic rings. The van der Waals surface area contributed by atoms with E-state index < -0.39 is 30.8 Å². The molecule has 0 saturated heterocycles. The molecule has 0 aliphatic carbocycles. The minimum absolute atomic E-state index is 0.123. The number of hydrogen-bond donors (Lipinski definition) is 4. The number of aryl methyl sites for hydroxylation is 1. The van der Waals surface area contributed by atoms with Crippen LogP contribution in [0.2, 0.25) is 6.32 Å². The molecule has 1 atom stereocenters. The van der Waals surface area contributed by atoms with Crippen LogP contribution in [0, 0.1) is 0 Å². The molecule has 24 heavy (non-hydrogen) atoms. The monoisotopic (exact) mass is 337 g/mol. The topological polar surface area (TPSA) is 116 Å². The lowest BCUT2D eigenvalue weighted by Gasteiger charge is -2.22. The van der Waals surface area contributed by atoms with Gasteiger partial charge in [-0.15, -0.1) is 0 Å². The molecule has 0 aliphatic heterocycles. The van der Waals surface area contributed by atoms with Crippen LogP contribution in [0.3, 0.4) is 0 Å². The molecule has 8 heteroatoms. The van der Waals surface area contributed by atoms with E-state index in [1.54, 1.807) is 45.0 Å². The van der Waals surface area contributed by atoms with E-state index in [9.17, 15) is 14.7 Å². The molecule has 7 nitrogen and oxygen atoms in total. The maximum absolute atomic E-state index is 11.7. The van der Waals surface area contributed by atoms with E-state index in [4.69, 9.17) is 14.8 Å². The van der Waals surface area contributed by atoms with Crippen molar-refractivity contribution < 1.29 is 29.5 Å². The summed E-state index contributed by atoms with van der Waals surface area (Å²) in [5.74, 6) is -1.15. The number of benzene rings is 1. The Hall–Kier alpha value is -2.06. The van der Waals surface area contributed by atoms with Gasteiger partial charge in [-0.05, 0) is 44.6 Å². The summed E-state index contributed by atoms with van der Waals surface area (Å²) in [5.41, 5.74) is 0.956. The molecule has 4 N–H and O–H groups in total. The molecule has 0 fully saturated rings. The van der Waals surface area contributed by atoms with Crippen molar-refractivity contribution in [3.05, 3.63) is 35.4 Å². The summed E-state index contributed by atoms with van der Waals surface area (Å²) >= 11 is 0. The zero-order valence-corrected chi connectivity index (χ0v) is 14.2. The number of carboxylic acid groups (broad SMARTS) is 1. The molecule has 1 aromatic rings. The van der Waals surface area contributed by atoms with Crippen molar-refractivity contribution in [1.29, 1.82) is 0 Å². The number of carboxylic acids is 1. The van der Waals surface area contributed by atoms with Crippen LogP contribution in [0.25, 0.3) is 0 Å². The Balaban J connectivity index is 2.65. The summed E-state index contributed by atoms with van der Waals surface area (Å²) in [6.45, 7) is 5.10. The molecular formula is C16H24BNO6. The van der Waals surface area contributed by atoms with Crippen LogP contribution < -0.4 is 5.32 Å². The van der Waals surface area contributed by atoms with Gasteiger partial charge in [-0.3, -0.25) is 0 Å². The lowest BCUT2D eigenvalue weighted by Crippen LogP contribution is -2.44. The molecule has 0 heterocycles. The van der Waals surface area contributed by atoms with Crippen LogP contribution in [0.1, 0.15) is 31.9 Å². The van der Waals surface area contributed by atoms with Crippen molar-refractivity contribution in [2.45, 2.75) is 51.6 Å². The fourth-order valence-corrected chi connectivity index (χ4v) is 2.02. The number of ether oxygens (including phenoxy) is 1. The van der Waals surface area contributed by atoms with E-state index in [2.05, 4.69) is 5.32 Å². The number of carbonyl (C=O) groups is 2. The van der Waals surface area contributed by atoms with Gasteiger partial charge >= 0.3 is 19.2 Å². The highest BCUT2D eigenvalue weighted by Crippen LogP contribution is 2.11. The first-order valence-corrected chi connectivity index (χ1v) is 7.73. The van der Waals surface area contributed by atoms with Crippen molar-refractivity contribution >= 4 is 19.2 Å². The van der Waals surface area contributed by atoms with E-state index in [0.717, 1.165) is 11.1 Å². The molecule has 0 aromatic heterocycles. The second-order valence-electron chi connectivity index (χ2n) is 6.58. The molecule has 132 valence electrons. The number of nitrogens with one attached hydrogen (secondary N) is 1. The van der Waals surface area contributed by atoms with Crippen molar-refractivity contribution in [3.8, 4) is 0 Å². The lowest BCUT2D eigenvalue weighted by atomic mass is 9.82. The van der Waals surface area contributed by atoms with Crippen LogP contribution >= 0.6 is 0 Å². The van der Waals surface area contributed by atoms with Gasteiger partial charge in [0.15, 0.2) is 0 Å². The van der Waals surface area contributed by atoms with Gasteiger partial charge in [-0.1, -0.05) is 24.3 Å². The summed E-state index contributed by atoms with van der Waals surface area (Å²) in [6, 6.07) is 6.01. The van der Waals surface area contributed by atoms with Gasteiger partial charge in [-0.25, -0.2) is 9.59 Å². The van der Waals surface area contributed by atoms with E-state index in [0.29, 0.717) is 6.42 Å². The Morgan fingerprint density at radius 2 is 1.71 bits per heavy atom. The Morgan fingerprint density at radius 1 is 1.17 bits per heavy atom.